The van der Waals surface area contributed by atoms with Gasteiger partial charge in [0.1, 0.15) is 5.75 Å². The summed E-state index contributed by atoms with van der Waals surface area (Å²) >= 11 is 0. The van der Waals surface area contributed by atoms with E-state index >= 15 is 0 Å². The van der Waals surface area contributed by atoms with Crippen LogP contribution in [0.1, 0.15) is 35.2 Å². The summed E-state index contributed by atoms with van der Waals surface area (Å²) < 4.78 is 0. The van der Waals surface area contributed by atoms with E-state index in [9.17, 15) is 9.90 Å². The number of carbonyl (C=O) groups is 1. The van der Waals surface area contributed by atoms with Crippen molar-refractivity contribution in [1.29, 1.82) is 0 Å². The molecule has 0 aromatic heterocycles. The molecule has 1 aromatic carbocycles. The zero-order valence-corrected chi connectivity index (χ0v) is 11.2. The second-order valence-electron chi connectivity index (χ2n) is 5.63. The summed E-state index contributed by atoms with van der Waals surface area (Å²) in [5.74, 6) is 0.239. The number of rotatable bonds is 1. The third-order valence-electron chi connectivity index (χ3n) is 4.35. The van der Waals surface area contributed by atoms with Crippen LogP contribution in [0, 0.1) is 6.92 Å². The Morgan fingerprint density at radius 2 is 2.11 bits per heavy atom. The van der Waals surface area contributed by atoms with Crippen LogP contribution in [0.5, 0.6) is 5.75 Å². The van der Waals surface area contributed by atoms with Gasteiger partial charge in [0.15, 0.2) is 0 Å². The number of phenolic OH excluding ortho intramolecular Hbond substituents is 1. The first-order chi connectivity index (χ1) is 9.15. The van der Waals surface area contributed by atoms with Crippen LogP contribution in [-0.4, -0.2) is 41.1 Å². The first kappa shape index (κ1) is 12.5. The Balaban J connectivity index is 1.81. The number of carbonyl (C=O) groups excluding carboxylic acids is 1. The van der Waals surface area contributed by atoms with Crippen molar-refractivity contribution in [2.75, 3.05) is 13.1 Å². The van der Waals surface area contributed by atoms with Crippen LogP contribution < -0.4 is 5.32 Å². The maximum Gasteiger partial charge on any atom is 0.254 e. The Morgan fingerprint density at radius 3 is 2.95 bits per heavy atom. The van der Waals surface area contributed by atoms with Crippen LogP contribution in [-0.2, 0) is 0 Å². The molecule has 2 N–H and O–H groups in total. The summed E-state index contributed by atoms with van der Waals surface area (Å²) in [5, 5.41) is 13.3. The molecule has 0 radical (unpaired) electrons. The minimum Gasteiger partial charge on any atom is -0.508 e. The van der Waals surface area contributed by atoms with Gasteiger partial charge in [0.2, 0.25) is 0 Å². The van der Waals surface area contributed by atoms with E-state index in [0.29, 0.717) is 23.2 Å². The average molecular weight is 260 g/mol. The standard InChI is InChI=1S/C15H20N2O2/c1-10-13(3-2-4-14(10)18)15(19)17-8-7-11-5-6-12(9-17)16-11/h2-4,11-12,16,18H,5-9H2,1H3. The van der Waals surface area contributed by atoms with Gasteiger partial charge in [0.05, 0.1) is 0 Å². The molecule has 2 heterocycles. The van der Waals surface area contributed by atoms with Gasteiger partial charge in [-0.3, -0.25) is 4.79 Å². The largest absolute Gasteiger partial charge is 0.508 e. The molecule has 1 amide bonds. The van der Waals surface area contributed by atoms with Gasteiger partial charge in [0, 0.05) is 36.3 Å². The molecule has 2 unspecified atom stereocenters. The lowest BCUT2D eigenvalue weighted by Gasteiger charge is -2.25. The number of phenols is 1. The summed E-state index contributed by atoms with van der Waals surface area (Å²) in [4.78, 5) is 14.5. The summed E-state index contributed by atoms with van der Waals surface area (Å²) in [6.45, 7) is 3.39. The number of nitrogens with one attached hydrogen (secondary N) is 1. The molecule has 2 atom stereocenters. The Labute approximate surface area is 113 Å². The van der Waals surface area contributed by atoms with Crippen LogP contribution in [0.4, 0.5) is 0 Å². The first-order valence-corrected chi connectivity index (χ1v) is 6.99. The molecule has 2 bridgehead atoms. The average Bonchev–Trinajstić information content (AvgIpc) is 2.72. The SMILES string of the molecule is Cc1c(O)cccc1C(=O)N1CCC2CCC(C1)N2. The van der Waals surface area contributed by atoms with E-state index in [0.717, 1.165) is 25.9 Å². The molecular formula is C15H20N2O2. The quantitative estimate of drug-likeness (QED) is 0.807. The van der Waals surface area contributed by atoms with Gasteiger partial charge in [0.25, 0.3) is 5.91 Å². The Bertz CT molecular complexity index is 501. The third kappa shape index (κ3) is 2.32. The summed E-state index contributed by atoms with van der Waals surface area (Å²) in [5.41, 5.74) is 1.30. The minimum atomic E-state index is 0.0442. The zero-order chi connectivity index (χ0) is 13.4. The highest BCUT2D eigenvalue weighted by molar-refractivity contribution is 5.96. The molecular weight excluding hydrogens is 240 g/mol. The molecule has 1 aromatic rings. The molecule has 19 heavy (non-hydrogen) atoms. The highest BCUT2D eigenvalue weighted by Gasteiger charge is 2.31. The van der Waals surface area contributed by atoms with Gasteiger partial charge >= 0.3 is 0 Å². The third-order valence-corrected chi connectivity index (χ3v) is 4.35. The molecule has 2 aliphatic rings. The lowest BCUT2D eigenvalue weighted by molar-refractivity contribution is 0.0747. The predicted octanol–water partition coefficient (Wildman–Crippen LogP) is 1.67. The molecule has 3 rings (SSSR count). The number of amides is 1. The van der Waals surface area contributed by atoms with Crippen LogP contribution in [0.3, 0.4) is 0 Å². The van der Waals surface area contributed by atoms with E-state index in [1.165, 1.54) is 6.42 Å². The normalized spacial score (nSPS) is 26.3. The number of likely N-dealkylation sites (tertiary alicyclic amines) is 1. The van der Waals surface area contributed by atoms with E-state index in [4.69, 9.17) is 0 Å². The van der Waals surface area contributed by atoms with Gasteiger partial charge < -0.3 is 15.3 Å². The second kappa shape index (κ2) is 4.85. The molecule has 0 spiro atoms. The Hall–Kier alpha value is -1.55. The van der Waals surface area contributed by atoms with Gasteiger partial charge in [-0.05, 0) is 38.3 Å². The first-order valence-electron chi connectivity index (χ1n) is 6.99. The number of hydrogen-bond acceptors (Lipinski definition) is 3. The minimum absolute atomic E-state index is 0.0442. The fraction of sp³-hybridized carbons (Fsp3) is 0.533. The number of nitrogens with zero attached hydrogens (tertiary/aromatic N) is 1. The molecule has 4 nitrogen and oxygen atoms in total. The molecule has 102 valence electrons. The van der Waals surface area contributed by atoms with Crippen molar-refractivity contribution in [1.82, 2.24) is 10.2 Å². The maximum atomic E-state index is 12.6. The number of aromatic hydroxyl groups is 1. The van der Waals surface area contributed by atoms with E-state index in [-0.39, 0.29) is 11.7 Å². The van der Waals surface area contributed by atoms with Gasteiger partial charge in [-0.1, -0.05) is 6.07 Å². The Morgan fingerprint density at radius 1 is 1.32 bits per heavy atom. The van der Waals surface area contributed by atoms with Crippen molar-refractivity contribution in [2.45, 2.75) is 38.3 Å². The fourth-order valence-corrected chi connectivity index (χ4v) is 3.15. The lowest BCUT2D eigenvalue weighted by Crippen LogP contribution is -2.39. The highest BCUT2D eigenvalue weighted by atomic mass is 16.3. The van der Waals surface area contributed by atoms with Crippen LogP contribution in [0.25, 0.3) is 0 Å². The van der Waals surface area contributed by atoms with Crippen molar-refractivity contribution < 1.29 is 9.90 Å². The lowest BCUT2D eigenvalue weighted by atomic mass is 10.0. The zero-order valence-electron chi connectivity index (χ0n) is 11.2. The van der Waals surface area contributed by atoms with E-state index in [1.807, 2.05) is 4.90 Å². The molecule has 2 aliphatic heterocycles. The smallest absolute Gasteiger partial charge is 0.254 e. The number of benzene rings is 1. The number of hydrogen-bond donors (Lipinski definition) is 2. The van der Waals surface area contributed by atoms with Crippen molar-refractivity contribution >= 4 is 5.91 Å². The highest BCUT2D eigenvalue weighted by Crippen LogP contribution is 2.24. The number of fused-ring (bicyclic) bond motifs is 2. The fourth-order valence-electron chi connectivity index (χ4n) is 3.15. The molecule has 0 saturated carbocycles. The van der Waals surface area contributed by atoms with Crippen LogP contribution in [0.15, 0.2) is 18.2 Å². The monoisotopic (exact) mass is 260 g/mol. The Kier molecular flexibility index (Phi) is 3.19. The van der Waals surface area contributed by atoms with Crippen molar-refractivity contribution in [2.24, 2.45) is 0 Å². The van der Waals surface area contributed by atoms with Crippen molar-refractivity contribution in [3.63, 3.8) is 0 Å². The van der Waals surface area contributed by atoms with Gasteiger partial charge in [-0.15, -0.1) is 0 Å². The summed E-state index contributed by atoms with van der Waals surface area (Å²) in [6.07, 6.45) is 3.42. The van der Waals surface area contributed by atoms with Crippen molar-refractivity contribution in [3.05, 3.63) is 29.3 Å². The van der Waals surface area contributed by atoms with E-state index in [2.05, 4.69) is 5.32 Å². The summed E-state index contributed by atoms with van der Waals surface area (Å²) in [7, 11) is 0. The van der Waals surface area contributed by atoms with E-state index in [1.54, 1.807) is 25.1 Å². The predicted molar refractivity (Wildman–Crippen MR) is 73.3 cm³/mol. The second-order valence-corrected chi connectivity index (χ2v) is 5.63. The van der Waals surface area contributed by atoms with Gasteiger partial charge in [-0.25, -0.2) is 0 Å². The van der Waals surface area contributed by atoms with Crippen LogP contribution in [0.2, 0.25) is 0 Å². The van der Waals surface area contributed by atoms with Crippen LogP contribution >= 0.6 is 0 Å². The molecule has 2 fully saturated rings. The van der Waals surface area contributed by atoms with E-state index < -0.39 is 0 Å². The molecule has 0 aliphatic carbocycles. The maximum absolute atomic E-state index is 12.6. The summed E-state index contributed by atoms with van der Waals surface area (Å²) in [6, 6.07) is 6.17. The topological polar surface area (TPSA) is 52.6 Å². The van der Waals surface area contributed by atoms with Crippen molar-refractivity contribution in [3.8, 4) is 5.75 Å². The molecule has 2 saturated heterocycles. The molecule has 4 heteroatoms. The van der Waals surface area contributed by atoms with Gasteiger partial charge in [-0.2, -0.15) is 0 Å².